The van der Waals surface area contributed by atoms with Crippen molar-refractivity contribution in [2.45, 2.75) is 26.4 Å². The number of anilines is 1. The second-order valence-corrected chi connectivity index (χ2v) is 8.10. The molecule has 4 rings (SSSR count). The lowest BCUT2D eigenvalue weighted by atomic mass is 10.3. The highest BCUT2D eigenvalue weighted by Crippen LogP contribution is 2.26. The van der Waals surface area contributed by atoms with Crippen LogP contribution in [0, 0.1) is 0 Å². The molecule has 0 atom stereocenters. The van der Waals surface area contributed by atoms with Crippen molar-refractivity contribution < 1.29 is 9.59 Å². The van der Waals surface area contributed by atoms with Crippen LogP contribution in [0.4, 0.5) is 5.69 Å². The number of rotatable bonds is 6. The Bertz CT molecular complexity index is 1320. The Balaban J connectivity index is 1.89. The molecule has 158 valence electrons. The summed E-state index contributed by atoms with van der Waals surface area (Å²) in [7, 11) is 0. The summed E-state index contributed by atoms with van der Waals surface area (Å²) in [6.45, 7) is 3.34. The van der Waals surface area contributed by atoms with Crippen molar-refractivity contribution in [3.05, 3.63) is 64.0 Å². The highest BCUT2D eigenvalue weighted by Gasteiger charge is 2.25. The first-order chi connectivity index (χ1) is 14.9. The lowest BCUT2D eigenvalue weighted by molar-refractivity contribution is -0.116. The van der Waals surface area contributed by atoms with E-state index in [0.29, 0.717) is 11.5 Å². The Morgan fingerprint density at radius 2 is 1.87 bits per heavy atom. The second kappa shape index (κ2) is 8.15. The largest absolute Gasteiger partial charge is 0.364 e. The summed E-state index contributed by atoms with van der Waals surface area (Å²) >= 11 is 1.41. The molecule has 3 aromatic heterocycles. The maximum atomic E-state index is 13.2. The highest BCUT2D eigenvalue weighted by molar-refractivity contribution is 7.13. The van der Waals surface area contributed by atoms with Crippen molar-refractivity contribution in [1.29, 1.82) is 0 Å². The molecule has 0 aliphatic carbocycles. The van der Waals surface area contributed by atoms with Gasteiger partial charge in [0.2, 0.25) is 5.91 Å². The molecule has 9 nitrogen and oxygen atoms in total. The van der Waals surface area contributed by atoms with E-state index in [9.17, 15) is 14.4 Å². The normalized spacial score (nSPS) is 11.2. The van der Waals surface area contributed by atoms with E-state index in [0.717, 1.165) is 4.88 Å². The molecule has 0 fully saturated rings. The number of carbonyl (C=O) groups is 2. The summed E-state index contributed by atoms with van der Waals surface area (Å²) in [5, 5.41) is 4.60. The third kappa shape index (κ3) is 3.84. The van der Waals surface area contributed by atoms with E-state index >= 15 is 0 Å². The second-order valence-electron chi connectivity index (χ2n) is 7.16. The van der Waals surface area contributed by atoms with Crippen molar-refractivity contribution in [3.8, 4) is 10.7 Å². The summed E-state index contributed by atoms with van der Waals surface area (Å²) in [5.74, 6) is -0.922. The number of aromatic nitrogens is 4. The molecule has 31 heavy (non-hydrogen) atoms. The van der Waals surface area contributed by atoms with Gasteiger partial charge in [-0.25, -0.2) is 14.8 Å². The maximum absolute atomic E-state index is 13.2. The third-order valence-electron chi connectivity index (χ3n) is 4.65. The molecule has 0 unspecified atom stereocenters. The van der Waals surface area contributed by atoms with Crippen molar-refractivity contribution in [1.82, 2.24) is 19.1 Å². The van der Waals surface area contributed by atoms with Gasteiger partial charge in [0.25, 0.3) is 5.91 Å². The van der Waals surface area contributed by atoms with Gasteiger partial charge in [0.1, 0.15) is 12.1 Å². The number of nitrogens with two attached hydrogens (primary N) is 1. The minimum atomic E-state index is -0.802. The Kier molecular flexibility index (Phi) is 5.38. The molecule has 0 bridgehead atoms. The zero-order chi connectivity index (χ0) is 22.1. The van der Waals surface area contributed by atoms with E-state index in [2.05, 4.69) is 15.3 Å². The summed E-state index contributed by atoms with van der Waals surface area (Å²) in [6, 6.07) is 12.3. The van der Waals surface area contributed by atoms with E-state index < -0.39 is 17.5 Å². The van der Waals surface area contributed by atoms with E-state index in [1.54, 1.807) is 24.3 Å². The number of fused-ring (bicyclic) bond motifs is 1. The lowest BCUT2D eigenvalue weighted by Gasteiger charge is -2.08. The van der Waals surface area contributed by atoms with Gasteiger partial charge in [0.05, 0.1) is 4.88 Å². The van der Waals surface area contributed by atoms with Crippen LogP contribution in [0.3, 0.4) is 0 Å². The monoisotopic (exact) mass is 436 g/mol. The third-order valence-corrected chi connectivity index (χ3v) is 5.52. The molecular weight excluding hydrogens is 416 g/mol. The lowest BCUT2D eigenvalue weighted by Crippen LogP contribution is -2.30. The van der Waals surface area contributed by atoms with Gasteiger partial charge in [-0.05, 0) is 37.4 Å². The van der Waals surface area contributed by atoms with Crippen LogP contribution in [-0.4, -0.2) is 30.9 Å². The maximum Gasteiger partial charge on any atom is 0.331 e. The van der Waals surface area contributed by atoms with Crippen LogP contribution in [0.2, 0.25) is 0 Å². The van der Waals surface area contributed by atoms with Gasteiger partial charge in [0, 0.05) is 11.7 Å². The quantitative estimate of drug-likeness (QED) is 0.481. The van der Waals surface area contributed by atoms with Crippen LogP contribution in [0.5, 0.6) is 0 Å². The Morgan fingerprint density at radius 3 is 2.48 bits per heavy atom. The van der Waals surface area contributed by atoms with Crippen molar-refractivity contribution in [2.24, 2.45) is 5.73 Å². The molecule has 0 spiro atoms. The Hall–Kier alpha value is -3.79. The average Bonchev–Trinajstić information content (AvgIpc) is 3.35. The molecule has 0 saturated carbocycles. The van der Waals surface area contributed by atoms with Gasteiger partial charge in [-0.15, -0.1) is 11.3 Å². The van der Waals surface area contributed by atoms with Crippen molar-refractivity contribution >= 4 is 40.0 Å². The Labute approximate surface area is 181 Å². The number of carbonyl (C=O) groups excluding carboxylic acids is 2. The number of benzene rings is 1. The average molecular weight is 436 g/mol. The number of amides is 2. The van der Waals surface area contributed by atoms with E-state index in [1.165, 1.54) is 20.5 Å². The summed E-state index contributed by atoms with van der Waals surface area (Å²) in [5.41, 5.74) is 6.05. The van der Waals surface area contributed by atoms with Gasteiger partial charge in [-0.2, -0.15) is 0 Å². The van der Waals surface area contributed by atoms with Gasteiger partial charge in [-0.1, -0.05) is 24.3 Å². The topological polar surface area (TPSA) is 125 Å². The number of para-hydroxylation sites is 1. The molecule has 2 amide bonds. The first kappa shape index (κ1) is 20.5. The number of thiophene rings is 1. The molecule has 0 aliphatic heterocycles. The molecule has 0 saturated heterocycles. The number of hydrogen-bond acceptors (Lipinski definition) is 6. The highest BCUT2D eigenvalue weighted by atomic mass is 32.1. The summed E-state index contributed by atoms with van der Waals surface area (Å²) < 4.78 is 2.64. The smallest absolute Gasteiger partial charge is 0.331 e. The van der Waals surface area contributed by atoms with Gasteiger partial charge >= 0.3 is 5.69 Å². The molecule has 1 aromatic carbocycles. The molecular formula is C21H20N6O3S. The predicted molar refractivity (Wildman–Crippen MR) is 119 cm³/mol. The van der Waals surface area contributed by atoms with E-state index in [4.69, 9.17) is 5.73 Å². The zero-order valence-electron chi connectivity index (χ0n) is 16.9. The van der Waals surface area contributed by atoms with Crippen molar-refractivity contribution in [2.75, 3.05) is 5.32 Å². The van der Waals surface area contributed by atoms with Gasteiger partial charge in [-0.3, -0.25) is 18.7 Å². The SMILES string of the molecule is CC(C)n1c(=O)n(CC(=O)Nc2ccccc2)c2c(C(N)=O)nc(-c3cccs3)nc21. The van der Waals surface area contributed by atoms with Crippen LogP contribution in [-0.2, 0) is 11.3 Å². The molecule has 3 heterocycles. The summed E-state index contributed by atoms with van der Waals surface area (Å²) in [4.78, 5) is 47.8. The van der Waals surface area contributed by atoms with Crippen LogP contribution in [0.1, 0.15) is 30.4 Å². The summed E-state index contributed by atoms with van der Waals surface area (Å²) in [6.07, 6.45) is 0. The first-order valence-corrected chi connectivity index (χ1v) is 10.5. The molecule has 0 radical (unpaired) electrons. The first-order valence-electron chi connectivity index (χ1n) is 9.58. The minimum absolute atomic E-state index is 0.0996. The standard InChI is InChI=1S/C21H20N6O3S/c1-12(2)27-20-17(16(18(22)29)24-19(25-20)14-9-6-10-31-14)26(21(27)30)11-15(28)23-13-7-4-3-5-8-13/h3-10,12H,11H2,1-2H3,(H2,22,29)(H,23,28). The van der Waals surface area contributed by atoms with Gasteiger partial charge < -0.3 is 11.1 Å². The van der Waals surface area contributed by atoms with E-state index in [-0.39, 0.29) is 29.4 Å². The number of primary amides is 1. The van der Waals surface area contributed by atoms with Gasteiger partial charge in [0.15, 0.2) is 17.2 Å². The van der Waals surface area contributed by atoms with Crippen LogP contribution < -0.4 is 16.7 Å². The van der Waals surface area contributed by atoms with Crippen molar-refractivity contribution in [3.63, 3.8) is 0 Å². The number of nitrogens with one attached hydrogen (secondary N) is 1. The fourth-order valence-electron chi connectivity index (χ4n) is 3.34. The molecule has 4 aromatic rings. The number of hydrogen-bond donors (Lipinski definition) is 2. The Morgan fingerprint density at radius 1 is 1.13 bits per heavy atom. The molecule has 3 N–H and O–H groups in total. The zero-order valence-corrected chi connectivity index (χ0v) is 17.7. The molecule has 0 aliphatic rings. The molecule has 10 heteroatoms. The number of nitrogens with zero attached hydrogens (tertiary/aromatic N) is 4. The fourth-order valence-corrected chi connectivity index (χ4v) is 4.00. The van der Waals surface area contributed by atoms with Crippen LogP contribution >= 0.6 is 11.3 Å². The van der Waals surface area contributed by atoms with Crippen LogP contribution in [0.25, 0.3) is 21.9 Å². The number of imidazole rings is 1. The fraction of sp³-hybridized carbons (Fsp3) is 0.190. The predicted octanol–water partition coefficient (Wildman–Crippen LogP) is 2.64. The van der Waals surface area contributed by atoms with E-state index in [1.807, 2.05) is 37.4 Å². The minimum Gasteiger partial charge on any atom is -0.364 e. The van der Waals surface area contributed by atoms with Crippen LogP contribution in [0.15, 0.2) is 52.6 Å².